The maximum atomic E-state index is 12.0. The Balaban J connectivity index is 1.87. The van der Waals surface area contributed by atoms with E-state index in [2.05, 4.69) is 19.2 Å². The molecule has 0 aliphatic carbocycles. The first-order chi connectivity index (χ1) is 12.3. The Morgan fingerprint density at radius 3 is 2.50 bits per heavy atom. The molecule has 2 N–H and O–H groups in total. The molecule has 5 nitrogen and oxygen atoms in total. The first-order valence-corrected chi connectivity index (χ1v) is 8.39. The van der Waals surface area contributed by atoms with Crippen LogP contribution in [0.2, 0.25) is 0 Å². The monoisotopic (exact) mass is 353 g/mol. The molecule has 0 aromatic heterocycles. The lowest BCUT2D eigenvalue weighted by Gasteiger charge is -2.12. The van der Waals surface area contributed by atoms with Gasteiger partial charge in [-0.05, 0) is 53.8 Å². The predicted octanol–water partition coefficient (Wildman–Crippen LogP) is 4.02. The smallest absolute Gasteiger partial charge is 0.331 e. The number of nitrogens with one attached hydrogen (secondary N) is 1. The van der Waals surface area contributed by atoms with Gasteiger partial charge in [0.05, 0.1) is 0 Å². The first-order valence-electron chi connectivity index (χ1n) is 8.39. The van der Waals surface area contributed by atoms with Crippen molar-refractivity contribution >= 4 is 23.6 Å². The van der Waals surface area contributed by atoms with Crippen LogP contribution in [0.4, 0.5) is 5.69 Å². The van der Waals surface area contributed by atoms with Crippen molar-refractivity contribution < 1.29 is 19.4 Å². The molecule has 2 aromatic rings. The normalized spacial score (nSPS) is 10.9. The summed E-state index contributed by atoms with van der Waals surface area (Å²) in [6, 6.07) is 12.3. The van der Waals surface area contributed by atoms with E-state index in [-0.39, 0.29) is 18.3 Å². The number of hydrogen-bond acceptors (Lipinski definition) is 4. The lowest BCUT2D eigenvalue weighted by atomic mass is 10.0. The van der Waals surface area contributed by atoms with Crippen molar-refractivity contribution in [2.24, 2.45) is 0 Å². The molecule has 0 aliphatic heterocycles. The summed E-state index contributed by atoms with van der Waals surface area (Å²) >= 11 is 0. The van der Waals surface area contributed by atoms with E-state index in [1.807, 2.05) is 25.1 Å². The summed E-state index contributed by atoms with van der Waals surface area (Å²) in [6.45, 7) is 5.72. The van der Waals surface area contributed by atoms with Crippen LogP contribution in [0, 0.1) is 6.92 Å². The molecule has 0 unspecified atom stereocenters. The maximum Gasteiger partial charge on any atom is 0.331 e. The summed E-state index contributed by atoms with van der Waals surface area (Å²) in [4.78, 5) is 23.7. The van der Waals surface area contributed by atoms with Gasteiger partial charge in [-0.1, -0.05) is 38.1 Å². The Labute approximate surface area is 153 Å². The molecule has 0 heterocycles. The van der Waals surface area contributed by atoms with Gasteiger partial charge >= 0.3 is 5.97 Å². The number of rotatable bonds is 6. The Hall–Kier alpha value is -3.08. The van der Waals surface area contributed by atoms with Gasteiger partial charge in [0.1, 0.15) is 5.75 Å². The minimum Gasteiger partial charge on any atom is -0.508 e. The molecule has 5 heteroatoms. The lowest BCUT2D eigenvalue weighted by molar-refractivity contribution is -0.142. The van der Waals surface area contributed by atoms with Crippen LogP contribution < -0.4 is 5.32 Å². The van der Waals surface area contributed by atoms with Gasteiger partial charge in [0.15, 0.2) is 6.61 Å². The van der Waals surface area contributed by atoms with Gasteiger partial charge in [0.25, 0.3) is 5.91 Å². The summed E-state index contributed by atoms with van der Waals surface area (Å²) in [7, 11) is 0. The molecule has 136 valence electrons. The second kappa shape index (κ2) is 8.85. The molecule has 26 heavy (non-hydrogen) atoms. The maximum absolute atomic E-state index is 12.0. The highest BCUT2D eigenvalue weighted by Gasteiger charge is 2.09. The number of phenolic OH excluding ortho intramolecular Hbond substituents is 1. The fourth-order valence-corrected chi connectivity index (χ4v) is 2.25. The van der Waals surface area contributed by atoms with Gasteiger partial charge in [0.2, 0.25) is 0 Å². The number of amides is 1. The third kappa shape index (κ3) is 5.77. The Bertz CT molecular complexity index is 807. The molecule has 0 atom stereocenters. The number of hydrogen-bond donors (Lipinski definition) is 2. The van der Waals surface area contributed by atoms with Gasteiger partial charge < -0.3 is 15.2 Å². The number of esters is 1. The average Bonchev–Trinajstić information content (AvgIpc) is 2.61. The van der Waals surface area contributed by atoms with Gasteiger partial charge in [-0.3, -0.25) is 4.79 Å². The molecule has 0 spiro atoms. The van der Waals surface area contributed by atoms with Crippen molar-refractivity contribution in [2.75, 3.05) is 11.9 Å². The molecule has 0 bridgehead atoms. The molecular weight excluding hydrogens is 330 g/mol. The first kappa shape index (κ1) is 19.2. The number of aromatic hydroxyl groups is 1. The number of anilines is 1. The molecule has 0 saturated carbocycles. The van der Waals surface area contributed by atoms with Crippen molar-refractivity contribution in [3.8, 4) is 5.75 Å². The van der Waals surface area contributed by atoms with Gasteiger partial charge in [-0.15, -0.1) is 0 Å². The number of aryl methyl sites for hydroxylation is 1. The highest BCUT2D eigenvalue weighted by Crippen LogP contribution is 2.22. The molecule has 0 aliphatic rings. The lowest BCUT2D eigenvalue weighted by Crippen LogP contribution is -2.20. The molecule has 2 rings (SSSR count). The van der Waals surface area contributed by atoms with E-state index in [4.69, 9.17) is 4.74 Å². The molecule has 0 fully saturated rings. The minimum absolute atomic E-state index is 0.151. The zero-order valence-corrected chi connectivity index (χ0v) is 15.2. The number of phenols is 1. The summed E-state index contributed by atoms with van der Waals surface area (Å²) in [5.74, 6) is -0.492. The Kier molecular flexibility index (Phi) is 6.55. The van der Waals surface area contributed by atoms with Crippen LogP contribution in [-0.2, 0) is 14.3 Å². The highest BCUT2D eigenvalue weighted by molar-refractivity contribution is 5.95. The van der Waals surface area contributed by atoms with Crippen LogP contribution >= 0.6 is 0 Å². The number of carbonyl (C=O) groups excluding carboxylic acids is 2. The van der Waals surface area contributed by atoms with Gasteiger partial charge in [0, 0.05) is 11.8 Å². The van der Waals surface area contributed by atoms with E-state index in [1.165, 1.54) is 18.2 Å². The topological polar surface area (TPSA) is 75.6 Å². The molecule has 1 amide bonds. The second-order valence-corrected chi connectivity index (χ2v) is 6.31. The quantitative estimate of drug-likeness (QED) is 0.607. The van der Waals surface area contributed by atoms with E-state index >= 15 is 0 Å². The summed E-state index contributed by atoms with van der Waals surface area (Å²) in [6.07, 6.45) is 2.79. The van der Waals surface area contributed by atoms with Crippen LogP contribution in [-0.4, -0.2) is 23.6 Å². The zero-order valence-electron chi connectivity index (χ0n) is 15.2. The number of ether oxygens (including phenoxy) is 1. The van der Waals surface area contributed by atoms with E-state index < -0.39 is 5.97 Å². The molecule has 0 radical (unpaired) electrons. The van der Waals surface area contributed by atoms with E-state index in [9.17, 15) is 14.7 Å². The zero-order chi connectivity index (χ0) is 19.1. The van der Waals surface area contributed by atoms with Crippen molar-refractivity contribution in [2.45, 2.75) is 26.7 Å². The van der Waals surface area contributed by atoms with Crippen LogP contribution in [0.3, 0.4) is 0 Å². The van der Waals surface area contributed by atoms with Crippen molar-refractivity contribution in [1.29, 1.82) is 0 Å². The molecule has 2 aromatic carbocycles. The van der Waals surface area contributed by atoms with Crippen LogP contribution in [0.5, 0.6) is 5.75 Å². The highest BCUT2D eigenvalue weighted by atomic mass is 16.5. The Morgan fingerprint density at radius 2 is 1.85 bits per heavy atom. The summed E-state index contributed by atoms with van der Waals surface area (Å²) in [5.41, 5.74) is 3.53. The summed E-state index contributed by atoms with van der Waals surface area (Å²) < 4.78 is 4.95. The van der Waals surface area contributed by atoms with Crippen LogP contribution in [0.1, 0.15) is 36.5 Å². The third-order valence-corrected chi connectivity index (χ3v) is 3.85. The fraction of sp³-hybridized carbons (Fsp3) is 0.238. The largest absolute Gasteiger partial charge is 0.508 e. The second-order valence-electron chi connectivity index (χ2n) is 6.31. The van der Waals surface area contributed by atoms with E-state index in [0.29, 0.717) is 5.92 Å². The van der Waals surface area contributed by atoms with Gasteiger partial charge in [-0.25, -0.2) is 4.79 Å². The van der Waals surface area contributed by atoms with Crippen LogP contribution in [0.25, 0.3) is 6.08 Å². The van der Waals surface area contributed by atoms with Crippen molar-refractivity contribution in [3.05, 3.63) is 65.2 Å². The fourth-order valence-electron chi connectivity index (χ4n) is 2.25. The third-order valence-electron chi connectivity index (χ3n) is 3.85. The van der Waals surface area contributed by atoms with Crippen LogP contribution in [0.15, 0.2) is 48.5 Å². The predicted molar refractivity (Wildman–Crippen MR) is 102 cm³/mol. The minimum atomic E-state index is -0.610. The SMILES string of the molecule is Cc1ccc(C(C)C)cc1NC(=O)COC(=O)/C=C/c1ccc(O)cc1. The van der Waals surface area contributed by atoms with E-state index in [1.54, 1.807) is 18.2 Å². The molecule has 0 saturated heterocycles. The number of carbonyl (C=O) groups is 2. The standard InChI is InChI=1S/C21H23NO4/c1-14(2)17-8-4-15(3)19(12-17)22-20(24)13-26-21(25)11-7-16-5-9-18(23)10-6-16/h4-12,14,23H,13H2,1-3H3,(H,22,24)/b11-7+. The van der Waals surface area contributed by atoms with Crippen molar-refractivity contribution in [1.82, 2.24) is 0 Å². The number of benzene rings is 2. The van der Waals surface area contributed by atoms with Crippen molar-refractivity contribution in [3.63, 3.8) is 0 Å². The van der Waals surface area contributed by atoms with Gasteiger partial charge in [-0.2, -0.15) is 0 Å². The molecular formula is C21H23NO4. The Morgan fingerprint density at radius 1 is 1.15 bits per heavy atom. The van der Waals surface area contributed by atoms with E-state index in [0.717, 1.165) is 22.4 Å². The average molecular weight is 353 g/mol. The summed E-state index contributed by atoms with van der Waals surface area (Å²) in [5, 5.41) is 12.0.